The summed E-state index contributed by atoms with van der Waals surface area (Å²) < 4.78 is 10.3. The predicted molar refractivity (Wildman–Crippen MR) is 92.2 cm³/mol. The number of anilines is 1. The van der Waals surface area contributed by atoms with Gasteiger partial charge >= 0.3 is 5.97 Å². The van der Waals surface area contributed by atoms with E-state index in [0.717, 1.165) is 16.8 Å². The van der Waals surface area contributed by atoms with Crippen molar-refractivity contribution < 1.29 is 19.1 Å². The molecule has 0 fully saturated rings. The molecule has 0 spiro atoms. The number of esters is 1. The number of ether oxygens (including phenoxy) is 2. The van der Waals surface area contributed by atoms with Crippen LogP contribution >= 0.6 is 0 Å². The zero-order valence-corrected chi connectivity index (χ0v) is 14.1. The third-order valence-corrected chi connectivity index (χ3v) is 3.50. The van der Waals surface area contributed by atoms with Crippen LogP contribution in [0.2, 0.25) is 0 Å². The minimum Gasteiger partial charge on any atom is -0.482 e. The number of likely N-dealkylation sites (N-methyl/N-ethyl adjacent to an activating group) is 1. The third-order valence-electron chi connectivity index (χ3n) is 3.50. The average Bonchev–Trinajstić information content (AvgIpc) is 2.58. The van der Waals surface area contributed by atoms with Gasteiger partial charge in [0.1, 0.15) is 5.75 Å². The van der Waals surface area contributed by atoms with E-state index in [0.29, 0.717) is 5.75 Å². The molecule has 0 atom stereocenters. The molecule has 0 saturated carbocycles. The minimum atomic E-state index is -0.582. The lowest BCUT2D eigenvalue weighted by Crippen LogP contribution is -2.32. The molecule has 126 valence electrons. The van der Waals surface area contributed by atoms with E-state index < -0.39 is 5.97 Å². The summed E-state index contributed by atoms with van der Waals surface area (Å²) >= 11 is 0. The molecule has 2 aromatic carbocycles. The van der Waals surface area contributed by atoms with Crippen LogP contribution in [0.25, 0.3) is 0 Å². The van der Waals surface area contributed by atoms with Gasteiger partial charge in [-0.3, -0.25) is 4.79 Å². The summed E-state index contributed by atoms with van der Waals surface area (Å²) in [5, 5.41) is 0. The van der Waals surface area contributed by atoms with Gasteiger partial charge in [0.05, 0.1) is 0 Å². The zero-order valence-electron chi connectivity index (χ0n) is 14.1. The van der Waals surface area contributed by atoms with Crippen molar-refractivity contribution >= 4 is 17.6 Å². The Kier molecular flexibility index (Phi) is 5.95. The van der Waals surface area contributed by atoms with Crippen LogP contribution < -0.4 is 9.64 Å². The average molecular weight is 327 g/mol. The van der Waals surface area contributed by atoms with E-state index in [2.05, 4.69) is 0 Å². The normalized spacial score (nSPS) is 10.1. The standard InChI is InChI=1S/C19H21NO4/c1-14-7-9-17(10-8-14)23-13-19(22)24-12-18(21)20(3)16-6-4-5-15(2)11-16/h4-11H,12-13H2,1-3H3. The fraction of sp³-hybridized carbons (Fsp3) is 0.263. The van der Waals surface area contributed by atoms with E-state index in [1.165, 1.54) is 4.90 Å². The van der Waals surface area contributed by atoms with Crippen molar-refractivity contribution in [1.29, 1.82) is 0 Å². The summed E-state index contributed by atoms with van der Waals surface area (Å²) in [6.45, 7) is 3.36. The topological polar surface area (TPSA) is 55.8 Å². The predicted octanol–water partition coefficient (Wildman–Crippen LogP) is 2.89. The van der Waals surface area contributed by atoms with Gasteiger partial charge in [-0.2, -0.15) is 0 Å². The van der Waals surface area contributed by atoms with Crippen molar-refractivity contribution in [1.82, 2.24) is 0 Å². The lowest BCUT2D eigenvalue weighted by atomic mass is 10.2. The van der Waals surface area contributed by atoms with Gasteiger partial charge in [0.2, 0.25) is 0 Å². The van der Waals surface area contributed by atoms with Crippen LogP contribution in [0.4, 0.5) is 5.69 Å². The Morgan fingerprint density at radius 2 is 1.67 bits per heavy atom. The monoisotopic (exact) mass is 327 g/mol. The second kappa shape index (κ2) is 8.15. The molecular weight excluding hydrogens is 306 g/mol. The van der Waals surface area contributed by atoms with Gasteiger partial charge in [-0.15, -0.1) is 0 Å². The van der Waals surface area contributed by atoms with Crippen molar-refractivity contribution in [2.45, 2.75) is 13.8 Å². The van der Waals surface area contributed by atoms with Crippen LogP contribution in [0.5, 0.6) is 5.75 Å². The first-order valence-electron chi connectivity index (χ1n) is 7.64. The van der Waals surface area contributed by atoms with Crippen LogP contribution in [0.1, 0.15) is 11.1 Å². The van der Waals surface area contributed by atoms with E-state index >= 15 is 0 Å². The second-order valence-corrected chi connectivity index (χ2v) is 5.55. The number of benzene rings is 2. The van der Waals surface area contributed by atoms with Crippen molar-refractivity contribution in [3.05, 3.63) is 59.7 Å². The van der Waals surface area contributed by atoms with Crippen molar-refractivity contribution in [3.63, 3.8) is 0 Å². The quantitative estimate of drug-likeness (QED) is 0.766. The summed E-state index contributed by atoms with van der Waals surface area (Å²) in [5.41, 5.74) is 2.91. The molecule has 0 radical (unpaired) electrons. The molecular formula is C19H21NO4. The van der Waals surface area contributed by atoms with E-state index in [-0.39, 0.29) is 19.1 Å². The first-order valence-corrected chi connectivity index (χ1v) is 7.64. The van der Waals surface area contributed by atoms with Crippen molar-refractivity contribution in [2.75, 3.05) is 25.2 Å². The number of amides is 1. The van der Waals surface area contributed by atoms with Crippen LogP contribution in [0.3, 0.4) is 0 Å². The van der Waals surface area contributed by atoms with Crippen LogP contribution in [0.15, 0.2) is 48.5 Å². The maximum absolute atomic E-state index is 12.1. The largest absolute Gasteiger partial charge is 0.482 e. The number of hydrogen-bond acceptors (Lipinski definition) is 4. The maximum Gasteiger partial charge on any atom is 0.344 e. The Labute approximate surface area is 141 Å². The van der Waals surface area contributed by atoms with Crippen LogP contribution in [0, 0.1) is 13.8 Å². The van der Waals surface area contributed by atoms with E-state index in [4.69, 9.17) is 9.47 Å². The molecule has 0 aliphatic rings. The van der Waals surface area contributed by atoms with Crippen molar-refractivity contribution in [2.24, 2.45) is 0 Å². The Morgan fingerprint density at radius 3 is 2.33 bits per heavy atom. The van der Waals surface area contributed by atoms with Gasteiger partial charge in [0.15, 0.2) is 13.2 Å². The molecule has 24 heavy (non-hydrogen) atoms. The first-order chi connectivity index (χ1) is 11.5. The molecule has 0 N–H and O–H groups in total. The van der Waals surface area contributed by atoms with Gasteiger partial charge in [-0.05, 0) is 43.7 Å². The summed E-state index contributed by atoms with van der Waals surface area (Å²) in [7, 11) is 1.65. The highest BCUT2D eigenvalue weighted by Gasteiger charge is 2.14. The highest BCUT2D eigenvalue weighted by atomic mass is 16.6. The van der Waals surface area contributed by atoms with E-state index in [1.54, 1.807) is 19.2 Å². The van der Waals surface area contributed by atoms with Gasteiger partial charge in [-0.1, -0.05) is 29.8 Å². The van der Waals surface area contributed by atoms with E-state index in [1.807, 2.05) is 50.2 Å². The SMILES string of the molecule is Cc1ccc(OCC(=O)OCC(=O)N(C)c2cccc(C)c2)cc1. The lowest BCUT2D eigenvalue weighted by molar-refractivity contribution is -0.149. The molecule has 0 aliphatic heterocycles. The van der Waals surface area contributed by atoms with Crippen LogP contribution in [-0.4, -0.2) is 32.1 Å². The summed E-state index contributed by atoms with van der Waals surface area (Å²) in [4.78, 5) is 25.2. The summed E-state index contributed by atoms with van der Waals surface area (Å²) in [5.74, 6) is -0.299. The van der Waals surface area contributed by atoms with Gasteiger partial charge in [-0.25, -0.2) is 4.79 Å². The Bertz CT molecular complexity index is 710. The molecule has 0 unspecified atom stereocenters. The Morgan fingerprint density at radius 1 is 0.958 bits per heavy atom. The number of rotatable bonds is 6. The number of carbonyl (C=O) groups excluding carboxylic acids is 2. The molecule has 0 heterocycles. The fourth-order valence-electron chi connectivity index (χ4n) is 2.04. The molecule has 0 aliphatic carbocycles. The highest BCUT2D eigenvalue weighted by molar-refractivity contribution is 5.94. The van der Waals surface area contributed by atoms with Gasteiger partial charge in [0.25, 0.3) is 5.91 Å². The number of carbonyl (C=O) groups is 2. The minimum absolute atomic E-state index is 0.232. The molecule has 1 amide bonds. The Balaban J connectivity index is 1.78. The molecule has 0 saturated heterocycles. The Hall–Kier alpha value is -2.82. The fourth-order valence-corrected chi connectivity index (χ4v) is 2.04. The highest BCUT2D eigenvalue weighted by Crippen LogP contribution is 2.14. The number of hydrogen-bond donors (Lipinski definition) is 0. The van der Waals surface area contributed by atoms with Gasteiger partial charge in [0, 0.05) is 12.7 Å². The number of aryl methyl sites for hydroxylation is 2. The first kappa shape index (κ1) is 17.5. The van der Waals surface area contributed by atoms with Gasteiger partial charge < -0.3 is 14.4 Å². The molecule has 0 bridgehead atoms. The molecule has 5 nitrogen and oxygen atoms in total. The summed E-state index contributed by atoms with van der Waals surface area (Å²) in [6.07, 6.45) is 0. The third kappa shape index (κ3) is 5.12. The van der Waals surface area contributed by atoms with Crippen molar-refractivity contribution in [3.8, 4) is 5.75 Å². The second-order valence-electron chi connectivity index (χ2n) is 5.55. The number of nitrogens with zero attached hydrogens (tertiary/aromatic N) is 1. The molecule has 5 heteroatoms. The van der Waals surface area contributed by atoms with E-state index in [9.17, 15) is 9.59 Å². The molecule has 2 aromatic rings. The summed E-state index contributed by atoms with van der Waals surface area (Å²) in [6, 6.07) is 14.9. The molecule has 0 aromatic heterocycles. The maximum atomic E-state index is 12.1. The smallest absolute Gasteiger partial charge is 0.344 e. The zero-order chi connectivity index (χ0) is 17.5. The van der Waals surface area contributed by atoms with Crippen LogP contribution in [-0.2, 0) is 14.3 Å². The lowest BCUT2D eigenvalue weighted by Gasteiger charge is -2.17. The molecule has 2 rings (SSSR count).